The van der Waals surface area contributed by atoms with E-state index in [2.05, 4.69) is 5.32 Å². The summed E-state index contributed by atoms with van der Waals surface area (Å²) < 4.78 is 25.8. The number of carbonyl (C=O) groups excluding carboxylic acids is 2. The fourth-order valence-electron chi connectivity index (χ4n) is 1.84. The number of nitrogens with one attached hydrogen (secondary N) is 1. The molecule has 1 heterocycles. The lowest BCUT2D eigenvalue weighted by Crippen LogP contribution is -2.58. The molecule has 1 atom stereocenters. The van der Waals surface area contributed by atoms with Gasteiger partial charge in [-0.15, -0.1) is 0 Å². The van der Waals surface area contributed by atoms with Crippen LogP contribution in [0.15, 0.2) is 23.1 Å². The zero-order chi connectivity index (χ0) is 15.1. The molecule has 1 fully saturated rings. The first-order valence-corrected chi connectivity index (χ1v) is 7.46. The topological polar surface area (TPSA) is 110 Å². The van der Waals surface area contributed by atoms with Crippen LogP contribution in [-0.2, 0) is 19.6 Å². The van der Waals surface area contributed by atoms with Gasteiger partial charge in [-0.1, -0.05) is 11.6 Å². The molecule has 1 aromatic rings. The lowest BCUT2D eigenvalue weighted by atomic mass is 10.2. The van der Waals surface area contributed by atoms with Gasteiger partial charge in [0.2, 0.25) is 21.8 Å². The van der Waals surface area contributed by atoms with Gasteiger partial charge in [-0.2, -0.15) is 4.31 Å². The van der Waals surface area contributed by atoms with E-state index in [1.807, 2.05) is 0 Å². The van der Waals surface area contributed by atoms with E-state index in [-0.39, 0.29) is 9.92 Å². The summed E-state index contributed by atoms with van der Waals surface area (Å²) >= 11 is 5.88. The first-order valence-electron chi connectivity index (χ1n) is 5.64. The Labute approximate surface area is 120 Å². The molecular formula is C11H12ClN3O4S. The quantitative estimate of drug-likeness (QED) is 0.587. The minimum atomic E-state index is -4.06. The van der Waals surface area contributed by atoms with E-state index in [9.17, 15) is 18.0 Å². The number of sulfonamides is 1. The first-order chi connectivity index (χ1) is 9.23. The summed E-state index contributed by atoms with van der Waals surface area (Å²) in [6, 6.07) is 2.93. The summed E-state index contributed by atoms with van der Waals surface area (Å²) in [5, 5.41) is 2.01. The van der Waals surface area contributed by atoms with Gasteiger partial charge in [0.1, 0.15) is 10.9 Å². The van der Waals surface area contributed by atoms with E-state index in [0.717, 1.165) is 4.31 Å². The lowest BCUT2D eigenvalue weighted by Gasteiger charge is -2.30. The predicted molar refractivity (Wildman–Crippen MR) is 72.4 cm³/mol. The van der Waals surface area contributed by atoms with Crippen molar-refractivity contribution in [2.45, 2.75) is 17.9 Å². The van der Waals surface area contributed by atoms with Crippen molar-refractivity contribution >= 4 is 39.1 Å². The van der Waals surface area contributed by atoms with Crippen LogP contribution in [0.4, 0.5) is 5.69 Å². The number of halogens is 1. The zero-order valence-electron chi connectivity index (χ0n) is 10.5. The second-order valence-electron chi connectivity index (χ2n) is 4.33. The molecule has 1 aromatic carbocycles. The molecule has 0 radical (unpaired) electrons. The fourth-order valence-corrected chi connectivity index (χ4v) is 3.92. The maximum Gasteiger partial charge on any atom is 0.245 e. The van der Waals surface area contributed by atoms with Crippen LogP contribution in [0, 0.1) is 0 Å². The van der Waals surface area contributed by atoms with Gasteiger partial charge >= 0.3 is 0 Å². The Morgan fingerprint density at radius 3 is 2.65 bits per heavy atom. The summed E-state index contributed by atoms with van der Waals surface area (Å²) in [4.78, 5) is 22.7. The van der Waals surface area contributed by atoms with Crippen LogP contribution in [0.25, 0.3) is 0 Å². The Bertz CT molecular complexity index is 689. The minimum Gasteiger partial charge on any atom is -0.399 e. The van der Waals surface area contributed by atoms with Crippen molar-refractivity contribution in [1.82, 2.24) is 9.62 Å². The lowest BCUT2D eigenvalue weighted by molar-refractivity contribution is -0.136. The van der Waals surface area contributed by atoms with Crippen molar-refractivity contribution in [1.29, 1.82) is 0 Å². The van der Waals surface area contributed by atoms with Crippen molar-refractivity contribution in [3.63, 3.8) is 0 Å². The molecule has 0 aliphatic carbocycles. The average Bonchev–Trinajstić information content (AvgIpc) is 2.33. The third kappa shape index (κ3) is 2.49. The van der Waals surface area contributed by atoms with Gasteiger partial charge in [0.05, 0.1) is 11.6 Å². The number of anilines is 1. The molecule has 9 heteroatoms. The zero-order valence-corrected chi connectivity index (χ0v) is 12.0. The third-order valence-corrected chi connectivity index (χ3v) is 5.32. The first kappa shape index (κ1) is 14.8. The average molecular weight is 318 g/mol. The van der Waals surface area contributed by atoms with Gasteiger partial charge in [-0.3, -0.25) is 14.9 Å². The van der Waals surface area contributed by atoms with Gasteiger partial charge in [0.15, 0.2) is 0 Å². The van der Waals surface area contributed by atoms with Crippen molar-refractivity contribution in [2.75, 3.05) is 12.3 Å². The second kappa shape index (κ2) is 5.04. The SMILES string of the molecule is CC1C(=O)NC(=O)CN1S(=O)(=O)c1ccc(N)cc1Cl. The number of hydrogen-bond donors (Lipinski definition) is 2. The highest BCUT2D eigenvalue weighted by Gasteiger charge is 2.39. The molecule has 7 nitrogen and oxygen atoms in total. The van der Waals surface area contributed by atoms with Crippen LogP contribution in [0.5, 0.6) is 0 Å². The van der Waals surface area contributed by atoms with Gasteiger partial charge in [-0.25, -0.2) is 8.42 Å². The molecule has 108 valence electrons. The number of piperazine rings is 1. The smallest absolute Gasteiger partial charge is 0.245 e. The minimum absolute atomic E-state index is 0.0596. The Kier molecular flexibility index (Phi) is 3.72. The van der Waals surface area contributed by atoms with Crippen LogP contribution in [0.3, 0.4) is 0 Å². The van der Waals surface area contributed by atoms with Gasteiger partial charge in [0.25, 0.3) is 0 Å². The molecule has 0 bridgehead atoms. The summed E-state index contributed by atoms with van der Waals surface area (Å²) in [5.41, 5.74) is 5.82. The maximum atomic E-state index is 12.5. The molecular weight excluding hydrogens is 306 g/mol. The Balaban J connectivity index is 2.48. The van der Waals surface area contributed by atoms with Crippen LogP contribution in [-0.4, -0.2) is 37.1 Å². The Hall–Kier alpha value is -1.64. The Morgan fingerprint density at radius 2 is 2.05 bits per heavy atom. The molecule has 1 saturated heterocycles. The van der Waals surface area contributed by atoms with Gasteiger partial charge < -0.3 is 5.73 Å². The highest BCUT2D eigenvalue weighted by Crippen LogP contribution is 2.28. The summed E-state index contributed by atoms with van der Waals surface area (Å²) in [6.07, 6.45) is 0. The number of nitrogens with two attached hydrogens (primary N) is 1. The van der Waals surface area contributed by atoms with Crippen LogP contribution in [0.2, 0.25) is 5.02 Å². The molecule has 2 rings (SSSR count). The number of rotatable bonds is 2. The molecule has 1 unspecified atom stereocenters. The molecule has 1 aliphatic heterocycles. The second-order valence-corrected chi connectivity index (χ2v) is 6.59. The van der Waals surface area contributed by atoms with Gasteiger partial charge in [-0.05, 0) is 25.1 Å². The highest BCUT2D eigenvalue weighted by atomic mass is 35.5. The van der Waals surface area contributed by atoms with Crippen molar-refractivity contribution in [3.05, 3.63) is 23.2 Å². The highest BCUT2D eigenvalue weighted by molar-refractivity contribution is 7.89. The number of nitrogens with zero attached hydrogens (tertiary/aromatic N) is 1. The van der Waals surface area contributed by atoms with E-state index in [1.54, 1.807) is 0 Å². The Morgan fingerprint density at radius 1 is 1.40 bits per heavy atom. The van der Waals surface area contributed by atoms with E-state index in [0.29, 0.717) is 5.69 Å². The normalized spacial score (nSPS) is 20.8. The van der Waals surface area contributed by atoms with Gasteiger partial charge in [0, 0.05) is 5.69 Å². The van der Waals surface area contributed by atoms with E-state index >= 15 is 0 Å². The standard InChI is InChI=1S/C11H12ClN3O4S/c1-6-11(17)14-10(16)5-15(6)20(18,19)9-3-2-7(13)4-8(9)12/h2-4,6H,5,13H2,1H3,(H,14,16,17). The molecule has 1 aliphatic rings. The van der Waals surface area contributed by atoms with E-state index in [4.69, 9.17) is 17.3 Å². The fraction of sp³-hybridized carbons (Fsp3) is 0.273. The number of amides is 2. The largest absolute Gasteiger partial charge is 0.399 e. The molecule has 3 N–H and O–H groups in total. The van der Waals surface area contributed by atoms with Crippen LogP contribution < -0.4 is 11.1 Å². The molecule has 20 heavy (non-hydrogen) atoms. The van der Waals surface area contributed by atoms with Crippen molar-refractivity contribution in [3.8, 4) is 0 Å². The predicted octanol–water partition coefficient (Wildman–Crippen LogP) is -0.0422. The molecule has 2 amide bonds. The van der Waals surface area contributed by atoms with E-state index < -0.39 is 34.4 Å². The van der Waals surface area contributed by atoms with Crippen LogP contribution >= 0.6 is 11.6 Å². The number of hydrogen-bond acceptors (Lipinski definition) is 5. The molecule has 0 saturated carbocycles. The van der Waals surface area contributed by atoms with Crippen molar-refractivity contribution < 1.29 is 18.0 Å². The number of imide groups is 1. The van der Waals surface area contributed by atoms with Crippen LogP contribution in [0.1, 0.15) is 6.92 Å². The molecule has 0 spiro atoms. The summed E-state index contributed by atoms with van der Waals surface area (Å²) in [7, 11) is -4.06. The maximum absolute atomic E-state index is 12.5. The number of benzene rings is 1. The number of carbonyl (C=O) groups is 2. The van der Waals surface area contributed by atoms with E-state index in [1.165, 1.54) is 25.1 Å². The summed E-state index contributed by atoms with van der Waals surface area (Å²) in [6.45, 7) is 0.959. The summed E-state index contributed by atoms with van der Waals surface area (Å²) in [5.74, 6) is -1.35. The number of nitrogen functional groups attached to an aromatic ring is 1. The molecule has 0 aromatic heterocycles. The van der Waals surface area contributed by atoms with Crippen molar-refractivity contribution in [2.24, 2.45) is 0 Å². The third-order valence-electron chi connectivity index (χ3n) is 2.92. The monoisotopic (exact) mass is 317 g/mol.